The normalized spacial score (nSPS) is 10.9. The number of hydrogen-bond acceptors (Lipinski definition) is 4. The molecule has 5 heteroatoms. The molecule has 1 amide bonds. The first kappa shape index (κ1) is 17.4. The molecule has 0 saturated heterocycles. The standard InChI is InChI=1S/C13H28N2O3/c1-4-14-5-7-17-9-10-18-8-6-15-13(16)11-12(2)3/h12,14H,4-11H2,1-3H3,(H,15,16). The molecular formula is C13H28N2O3. The van der Waals surface area contributed by atoms with Crippen molar-refractivity contribution in [1.82, 2.24) is 10.6 Å². The Morgan fingerprint density at radius 3 is 2.22 bits per heavy atom. The van der Waals surface area contributed by atoms with E-state index in [1.54, 1.807) is 0 Å². The predicted molar refractivity (Wildman–Crippen MR) is 72.6 cm³/mol. The van der Waals surface area contributed by atoms with Crippen LogP contribution in [0.15, 0.2) is 0 Å². The average Bonchev–Trinajstić information content (AvgIpc) is 2.30. The summed E-state index contributed by atoms with van der Waals surface area (Å²) in [5.74, 6) is 0.492. The molecule has 0 aliphatic heterocycles. The van der Waals surface area contributed by atoms with Crippen LogP contribution in [0.2, 0.25) is 0 Å². The summed E-state index contributed by atoms with van der Waals surface area (Å²) in [4.78, 5) is 11.3. The first-order chi connectivity index (χ1) is 8.66. The number of ether oxygens (including phenoxy) is 2. The maximum Gasteiger partial charge on any atom is 0.220 e. The third-order valence-electron chi connectivity index (χ3n) is 2.21. The van der Waals surface area contributed by atoms with Crippen molar-refractivity contribution in [3.63, 3.8) is 0 Å². The number of nitrogens with one attached hydrogen (secondary N) is 2. The summed E-state index contributed by atoms with van der Waals surface area (Å²) >= 11 is 0. The van der Waals surface area contributed by atoms with Gasteiger partial charge in [-0.05, 0) is 12.5 Å². The van der Waals surface area contributed by atoms with Gasteiger partial charge in [-0.15, -0.1) is 0 Å². The summed E-state index contributed by atoms with van der Waals surface area (Å²) in [6.07, 6.45) is 0.577. The summed E-state index contributed by atoms with van der Waals surface area (Å²) in [6.45, 7) is 11.0. The van der Waals surface area contributed by atoms with Gasteiger partial charge in [-0.1, -0.05) is 20.8 Å². The molecule has 0 aliphatic rings. The van der Waals surface area contributed by atoms with E-state index >= 15 is 0 Å². The highest BCUT2D eigenvalue weighted by molar-refractivity contribution is 5.75. The smallest absolute Gasteiger partial charge is 0.220 e. The first-order valence-corrected chi connectivity index (χ1v) is 6.79. The van der Waals surface area contributed by atoms with E-state index in [1.807, 2.05) is 13.8 Å². The van der Waals surface area contributed by atoms with E-state index in [-0.39, 0.29) is 5.91 Å². The Morgan fingerprint density at radius 1 is 1.06 bits per heavy atom. The van der Waals surface area contributed by atoms with Gasteiger partial charge in [0.2, 0.25) is 5.91 Å². The van der Waals surface area contributed by atoms with Crippen molar-refractivity contribution in [2.75, 3.05) is 46.1 Å². The van der Waals surface area contributed by atoms with E-state index in [2.05, 4.69) is 17.6 Å². The molecule has 0 aliphatic carbocycles. The number of hydrogen-bond donors (Lipinski definition) is 2. The minimum atomic E-state index is 0.0930. The van der Waals surface area contributed by atoms with Crippen molar-refractivity contribution >= 4 is 5.91 Å². The SMILES string of the molecule is CCNCCOCCOCCNC(=O)CC(C)C. The molecule has 0 spiro atoms. The lowest BCUT2D eigenvalue weighted by atomic mass is 10.1. The van der Waals surface area contributed by atoms with E-state index in [1.165, 1.54) is 0 Å². The maximum atomic E-state index is 11.3. The van der Waals surface area contributed by atoms with Gasteiger partial charge in [0.15, 0.2) is 0 Å². The van der Waals surface area contributed by atoms with Crippen molar-refractivity contribution in [1.29, 1.82) is 0 Å². The first-order valence-electron chi connectivity index (χ1n) is 6.79. The summed E-state index contributed by atoms with van der Waals surface area (Å²) in [5.41, 5.74) is 0. The predicted octanol–water partition coefficient (Wildman–Crippen LogP) is 0.791. The molecule has 0 aromatic carbocycles. The highest BCUT2D eigenvalue weighted by Gasteiger charge is 2.02. The third kappa shape index (κ3) is 13.4. The van der Waals surface area contributed by atoms with Crippen LogP contribution in [0.1, 0.15) is 27.2 Å². The Morgan fingerprint density at radius 2 is 1.67 bits per heavy atom. The molecule has 0 fully saturated rings. The van der Waals surface area contributed by atoms with Crippen molar-refractivity contribution in [2.45, 2.75) is 27.2 Å². The van der Waals surface area contributed by atoms with E-state index in [4.69, 9.17) is 9.47 Å². The Bertz CT molecular complexity index is 199. The summed E-state index contributed by atoms with van der Waals surface area (Å²) in [6, 6.07) is 0. The molecule has 2 N–H and O–H groups in total. The molecule has 108 valence electrons. The average molecular weight is 260 g/mol. The molecule has 0 aromatic rings. The van der Waals surface area contributed by atoms with Gasteiger partial charge in [-0.2, -0.15) is 0 Å². The lowest BCUT2D eigenvalue weighted by Crippen LogP contribution is -2.28. The molecular weight excluding hydrogens is 232 g/mol. The highest BCUT2D eigenvalue weighted by atomic mass is 16.5. The largest absolute Gasteiger partial charge is 0.378 e. The zero-order chi connectivity index (χ0) is 13.6. The van der Waals surface area contributed by atoms with E-state index in [9.17, 15) is 4.79 Å². The fourth-order valence-corrected chi connectivity index (χ4v) is 1.35. The van der Waals surface area contributed by atoms with Gasteiger partial charge in [-0.3, -0.25) is 4.79 Å². The molecule has 0 aromatic heterocycles. The molecule has 0 atom stereocenters. The van der Waals surface area contributed by atoms with Gasteiger partial charge < -0.3 is 20.1 Å². The lowest BCUT2D eigenvalue weighted by molar-refractivity contribution is -0.122. The Balaban J connectivity index is 3.09. The van der Waals surface area contributed by atoms with Crippen LogP contribution in [0.5, 0.6) is 0 Å². The van der Waals surface area contributed by atoms with Crippen LogP contribution in [-0.2, 0) is 14.3 Å². The zero-order valence-corrected chi connectivity index (χ0v) is 12.0. The molecule has 0 bridgehead atoms. The number of likely N-dealkylation sites (N-methyl/N-ethyl adjacent to an activating group) is 1. The molecule has 18 heavy (non-hydrogen) atoms. The van der Waals surface area contributed by atoms with Gasteiger partial charge in [0.25, 0.3) is 0 Å². The van der Waals surface area contributed by atoms with E-state index < -0.39 is 0 Å². The van der Waals surface area contributed by atoms with Crippen molar-refractivity contribution in [3.05, 3.63) is 0 Å². The number of carbonyl (C=O) groups is 1. The quantitative estimate of drug-likeness (QED) is 0.509. The van der Waals surface area contributed by atoms with Crippen LogP contribution in [-0.4, -0.2) is 52.0 Å². The Labute approximate surface area is 111 Å². The van der Waals surface area contributed by atoms with Crippen molar-refractivity contribution in [2.24, 2.45) is 5.92 Å². The molecule has 0 rings (SSSR count). The highest BCUT2D eigenvalue weighted by Crippen LogP contribution is 1.97. The number of carbonyl (C=O) groups excluding carboxylic acids is 1. The monoisotopic (exact) mass is 260 g/mol. The van der Waals surface area contributed by atoms with Crippen LogP contribution < -0.4 is 10.6 Å². The van der Waals surface area contributed by atoms with Crippen LogP contribution in [0.3, 0.4) is 0 Å². The zero-order valence-electron chi connectivity index (χ0n) is 12.0. The molecule has 0 saturated carbocycles. The van der Waals surface area contributed by atoms with Gasteiger partial charge in [-0.25, -0.2) is 0 Å². The molecule has 0 heterocycles. The van der Waals surface area contributed by atoms with Gasteiger partial charge in [0.1, 0.15) is 0 Å². The number of rotatable bonds is 12. The van der Waals surface area contributed by atoms with Gasteiger partial charge >= 0.3 is 0 Å². The second-order valence-corrected chi connectivity index (χ2v) is 4.53. The fraction of sp³-hybridized carbons (Fsp3) is 0.923. The van der Waals surface area contributed by atoms with Gasteiger partial charge in [0.05, 0.1) is 26.4 Å². The summed E-state index contributed by atoms with van der Waals surface area (Å²) in [7, 11) is 0. The topological polar surface area (TPSA) is 59.6 Å². The minimum absolute atomic E-state index is 0.0930. The van der Waals surface area contributed by atoms with E-state index in [0.29, 0.717) is 45.3 Å². The van der Waals surface area contributed by atoms with Crippen LogP contribution in [0, 0.1) is 5.92 Å². The van der Waals surface area contributed by atoms with Crippen molar-refractivity contribution < 1.29 is 14.3 Å². The van der Waals surface area contributed by atoms with Crippen LogP contribution >= 0.6 is 0 Å². The van der Waals surface area contributed by atoms with Crippen LogP contribution in [0.25, 0.3) is 0 Å². The minimum Gasteiger partial charge on any atom is -0.378 e. The fourth-order valence-electron chi connectivity index (χ4n) is 1.35. The second-order valence-electron chi connectivity index (χ2n) is 4.53. The Kier molecular flexibility index (Phi) is 12.3. The third-order valence-corrected chi connectivity index (χ3v) is 2.21. The molecule has 0 radical (unpaired) electrons. The number of amides is 1. The maximum absolute atomic E-state index is 11.3. The Hall–Kier alpha value is -0.650. The van der Waals surface area contributed by atoms with Gasteiger partial charge in [0, 0.05) is 19.5 Å². The van der Waals surface area contributed by atoms with E-state index in [0.717, 1.165) is 13.1 Å². The summed E-state index contributed by atoms with van der Waals surface area (Å²) in [5, 5.41) is 5.99. The second kappa shape index (κ2) is 12.8. The van der Waals surface area contributed by atoms with Crippen LogP contribution in [0.4, 0.5) is 0 Å². The molecule has 5 nitrogen and oxygen atoms in total. The lowest BCUT2D eigenvalue weighted by Gasteiger charge is -2.08. The molecule has 0 unspecified atom stereocenters. The van der Waals surface area contributed by atoms with Crippen molar-refractivity contribution in [3.8, 4) is 0 Å². The summed E-state index contributed by atoms with van der Waals surface area (Å²) < 4.78 is 10.7.